The summed E-state index contributed by atoms with van der Waals surface area (Å²) in [7, 11) is 1.40. The number of amides is 1. The van der Waals surface area contributed by atoms with Gasteiger partial charge in [0.15, 0.2) is 5.75 Å². The molecule has 0 radical (unpaired) electrons. The highest BCUT2D eigenvalue weighted by atomic mass is 32.1. The average Bonchev–Trinajstić information content (AvgIpc) is 3.16. The molecule has 182 valence electrons. The molecule has 0 bridgehead atoms. The van der Waals surface area contributed by atoms with Gasteiger partial charge in [-0.1, -0.05) is 25.0 Å². The lowest BCUT2D eigenvalue weighted by Crippen LogP contribution is -2.15. The molecule has 0 saturated carbocycles. The molecule has 0 fully saturated rings. The van der Waals surface area contributed by atoms with Gasteiger partial charge in [-0.25, -0.2) is 4.99 Å². The van der Waals surface area contributed by atoms with Crippen molar-refractivity contribution in [2.75, 3.05) is 12.4 Å². The van der Waals surface area contributed by atoms with Crippen molar-refractivity contribution in [3.8, 4) is 5.75 Å². The standard InChI is InChI=1S/C27H29N3O4S/c1-17-10-11-18(2)21(14-17)29-26(31)25-20-8-6-4-5-7-9-24(20)35-27(25)28-16-19-12-13-23(34-3)22(15-19)30(32)33/h10-16H,4-9H2,1-3H3,(H,29,31). The van der Waals surface area contributed by atoms with Crippen LogP contribution in [0.2, 0.25) is 0 Å². The minimum absolute atomic E-state index is 0.122. The predicted molar refractivity (Wildman–Crippen MR) is 141 cm³/mol. The third-order valence-electron chi connectivity index (χ3n) is 6.25. The van der Waals surface area contributed by atoms with Gasteiger partial charge in [0.05, 0.1) is 17.6 Å². The first-order chi connectivity index (χ1) is 16.9. The highest BCUT2D eigenvalue weighted by molar-refractivity contribution is 7.16. The van der Waals surface area contributed by atoms with Gasteiger partial charge in [0.2, 0.25) is 0 Å². The van der Waals surface area contributed by atoms with Crippen molar-refractivity contribution < 1.29 is 14.5 Å². The number of methoxy groups -OCH3 is 1. The molecule has 4 rings (SSSR count). The van der Waals surface area contributed by atoms with Crippen LogP contribution in [0.1, 0.15) is 63.2 Å². The summed E-state index contributed by atoms with van der Waals surface area (Å²) in [5.74, 6) is 0.0319. The SMILES string of the molecule is COc1ccc(C=Nc2sc3c(c2C(=O)Nc2cc(C)ccc2C)CCCCCC3)cc1[N+](=O)[O-]. The maximum absolute atomic E-state index is 13.6. The van der Waals surface area contributed by atoms with Crippen LogP contribution >= 0.6 is 11.3 Å². The normalized spacial score (nSPS) is 13.7. The summed E-state index contributed by atoms with van der Waals surface area (Å²) in [6, 6.07) is 10.7. The molecule has 0 atom stereocenters. The summed E-state index contributed by atoms with van der Waals surface area (Å²) in [5, 5.41) is 15.1. The highest BCUT2D eigenvalue weighted by Gasteiger charge is 2.24. The van der Waals surface area contributed by atoms with Crippen molar-refractivity contribution in [2.45, 2.75) is 52.4 Å². The molecule has 1 heterocycles. The van der Waals surface area contributed by atoms with E-state index in [0.29, 0.717) is 16.1 Å². The van der Waals surface area contributed by atoms with Crippen molar-refractivity contribution >= 4 is 39.8 Å². The molecule has 1 aliphatic rings. The summed E-state index contributed by atoms with van der Waals surface area (Å²) in [6.45, 7) is 3.97. The van der Waals surface area contributed by atoms with Crippen molar-refractivity contribution in [3.63, 3.8) is 0 Å². The number of thiophene rings is 1. The number of carbonyl (C=O) groups is 1. The lowest BCUT2D eigenvalue weighted by atomic mass is 9.96. The minimum Gasteiger partial charge on any atom is -0.490 e. The Hall–Kier alpha value is -3.52. The number of nitro groups is 1. The zero-order valence-electron chi connectivity index (χ0n) is 20.2. The van der Waals surface area contributed by atoms with Crippen LogP contribution in [0.5, 0.6) is 5.75 Å². The number of anilines is 1. The molecule has 8 heteroatoms. The van der Waals surface area contributed by atoms with Crippen LogP contribution in [0.25, 0.3) is 0 Å². The number of rotatable bonds is 6. The minimum atomic E-state index is -0.476. The molecule has 1 N–H and O–H groups in total. The van der Waals surface area contributed by atoms with Crippen molar-refractivity contribution in [1.29, 1.82) is 0 Å². The van der Waals surface area contributed by atoms with Gasteiger partial charge < -0.3 is 10.1 Å². The lowest BCUT2D eigenvalue weighted by molar-refractivity contribution is -0.385. The fourth-order valence-corrected chi connectivity index (χ4v) is 5.58. The van der Waals surface area contributed by atoms with Crippen LogP contribution in [-0.4, -0.2) is 24.2 Å². The van der Waals surface area contributed by atoms with Gasteiger partial charge in [-0.05, 0) is 80.0 Å². The van der Waals surface area contributed by atoms with Crippen LogP contribution in [0.3, 0.4) is 0 Å². The Kier molecular flexibility index (Phi) is 7.60. The molecule has 0 saturated heterocycles. The van der Waals surface area contributed by atoms with E-state index in [1.807, 2.05) is 32.0 Å². The number of nitro benzene ring substituents is 1. The second-order valence-electron chi connectivity index (χ2n) is 8.82. The van der Waals surface area contributed by atoms with E-state index in [-0.39, 0.29) is 17.3 Å². The van der Waals surface area contributed by atoms with Crippen molar-refractivity contribution in [1.82, 2.24) is 0 Å². The number of aryl methyl sites for hydroxylation is 3. The molecule has 7 nitrogen and oxygen atoms in total. The van der Waals surface area contributed by atoms with Gasteiger partial charge in [0, 0.05) is 22.8 Å². The van der Waals surface area contributed by atoms with Crippen molar-refractivity contribution in [2.24, 2.45) is 4.99 Å². The zero-order valence-corrected chi connectivity index (χ0v) is 21.0. The topological polar surface area (TPSA) is 93.8 Å². The third kappa shape index (κ3) is 5.59. The van der Waals surface area contributed by atoms with Gasteiger partial charge in [0.1, 0.15) is 5.00 Å². The predicted octanol–water partition coefficient (Wildman–Crippen LogP) is 6.94. The smallest absolute Gasteiger partial charge is 0.311 e. The Morgan fingerprint density at radius 2 is 1.89 bits per heavy atom. The van der Waals surface area contributed by atoms with E-state index >= 15 is 0 Å². The second kappa shape index (κ2) is 10.8. The molecule has 2 aromatic carbocycles. The van der Waals surface area contributed by atoms with Gasteiger partial charge in [0.25, 0.3) is 5.91 Å². The van der Waals surface area contributed by atoms with Crippen LogP contribution < -0.4 is 10.1 Å². The van der Waals surface area contributed by atoms with Gasteiger partial charge in [-0.2, -0.15) is 0 Å². The van der Waals surface area contributed by atoms with Gasteiger partial charge >= 0.3 is 5.69 Å². The number of aliphatic imine (C=N–C) groups is 1. The maximum Gasteiger partial charge on any atom is 0.311 e. The lowest BCUT2D eigenvalue weighted by Gasteiger charge is -2.13. The Morgan fingerprint density at radius 3 is 2.63 bits per heavy atom. The number of nitrogens with zero attached hydrogens (tertiary/aromatic N) is 2. The van der Waals surface area contributed by atoms with E-state index in [4.69, 9.17) is 4.74 Å². The summed E-state index contributed by atoms with van der Waals surface area (Å²) in [4.78, 5) is 30.4. The number of benzene rings is 2. The molecular weight excluding hydrogens is 462 g/mol. The first-order valence-corrected chi connectivity index (χ1v) is 12.6. The Labute approximate surface area is 209 Å². The Morgan fingerprint density at radius 1 is 1.11 bits per heavy atom. The molecule has 3 aromatic rings. The number of hydrogen-bond donors (Lipinski definition) is 1. The summed E-state index contributed by atoms with van der Waals surface area (Å²) < 4.78 is 5.09. The monoisotopic (exact) mass is 491 g/mol. The van der Waals surface area contributed by atoms with E-state index < -0.39 is 4.92 Å². The Balaban J connectivity index is 1.73. The second-order valence-corrected chi connectivity index (χ2v) is 9.90. The largest absolute Gasteiger partial charge is 0.490 e. The average molecular weight is 492 g/mol. The van der Waals surface area contributed by atoms with Crippen LogP contribution in [0, 0.1) is 24.0 Å². The number of ether oxygens (including phenoxy) is 1. The molecule has 35 heavy (non-hydrogen) atoms. The van der Waals surface area contributed by atoms with Crippen LogP contribution in [0.15, 0.2) is 41.4 Å². The van der Waals surface area contributed by atoms with E-state index in [0.717, 1.165) is 54.5 Å². The van der Waals surface area contributed by atoms with E-state index in [1.54, 1.807) is 29.7 Å². The first kappa shape index (κ1) is 24.6. The molecule has 1 aromatic heterocycles. The fourth-order valence-electron chi connectivity index (χ4n) is 4.35. The molecule has 0 aliphatic heterocycles. The zero-order chi connectivity index (χ0) is 24.9. The van der Waals surface area contributed by atoms with Crippen LogP contribution in [0.4, 0.5) is 16.4 Å². The maximum atomic E-state index is 13.6. The molecule has 1 aliphatic carbocycles. The fraction of sp³-hybridized carbons (Fsp3) is 0.333. The van der Waals surface area contributed by atoms with E-state index in [2.05, 4.69) is 10.3 Å². The summed E-state index contributed by atoms with van der Waals surface area (Å²) in [5.41, 5.74) is 5.02. The Bertz CT molecular complexity index is 1300. The molecular formula is C27H29N3O4S. The quantitative estimate of drug-likeness (QED) is 0.229. The molecule has 0 spiro atoms. The van der Waals surface area contributed by atoms with Crippen LogP contribution in [-0.2, 0) is 12.8 Å². The third-order valence-corrected chi connectivity index (χ3v) is 7.45. The summed E-state index contributed by atoms with van der Waals surface area (Å²) >= 11 is 1.55. The number of hydrogen-bond acceptors (Lipinski definition) is 6. The number of fused-ring (bicyclic) bond motifs is 1. The van der Waals surface area contributed by atoms with Crippen molar-refractivity contribution in [3.05, 3.63) is 79.2 Å². The first-order valence-electron chi connectivity index (χ1n) is 11.8. The molecule has 0 unspecified atom stereocenters. The van der Waals surface area contributed by atoms with Gasteiger partial charge in [-0.15, -0.1) is 11.3 Å². The highest BCUT2D eigenvalue weighted by Crippen LogP contribution is 2.39. The van der Waals surface area contributed by atoms with Gasteiger partial charge in [-0.3, -0.25) is 14.9 Å². The number of nitrogens with one attached hydrogen (secondary N) is 1. The van der Waals surface area contributed by atoms with E-state index in [9.17, 15) is 14.9 Å². The summed E-state index contributed by atoms with van der Waals surface area (Å²) in [6.07, 6.45) is 7.86. The number of carbonyl (C=O) groups excluding carboxylic acids is 1. The van der Waals surface area contributed by atoms with E-state index in [1.165, 1.54) is 24.5 Å². The molecule has 1 amide bonds.